The second-order valence-corrected chi connectivity index (χ2v) is 6.17. The van der Waals surface area contributed by atoms with Gasteiger partial charge >= 0.3 is 0 Å². The fourth-order valence-corrected chi connectivity index (χ4v) is 1.88. The van der Waals surface area contributed by atoms with Gasteiger partial charge in [0.2, 0.25) is 0 Å². The van der Waals surface area contributed by atoms with Gasteiger partial charge < -0.3 is 15.3 Å². The molecule has 0 atom stereocenters. The number of aliphatic hydroxyl groups is 1. The molecule has 0 fully saturated rings. The van der Waals surface area contributed by atoms with Gasteiger partial charge in [0.05, 0.1) is 6.61 Å². The van der Waals surface area contributed by atoms with Crippen LogP contribution >= 0.6 is 0 Å². The third-order valence-electron chi connectivity index (χ3n) is 3.13. The van der Waals surface area contributed by atoms with Crippen LogP contribution in [0.3, 0.4) is 0 Å². The highest BCUT2D eigenvalue weighted by Gasteiger charge is 2.22. The molecule has 5 heteroatoms. The van der Waals surface area contributed by atoms with Gasteiger partial charge in [0, 0.05) is 31.1 Å². The first-order valence-corrected chi connectivity index (χ1v) is 7.26. The minimum Gasteiger partial charge on any atom is -0.395 e. The number of hydrogen-bond donors (Lipinski definition) is 2. The fraction of sp³-hybridized carbons (Fsp3) is 0.733. The van der Waals surface area contributed by atoms with E-state index in [9.17, 15) is 0 Å². The van der Waals surface area contributed by atoms with Crippen LogP contribution in [0.25, 0.3) is 0 Å². The lowest BCUT2D eigenvalue weighted by Crippen LogP contribution is -2.27. The van der Waals surface area contributed by atoms with Crippen LogP contribution in [0.15, 0.2) is 0 Å². The van der Waals surface area contributed by atoms with Gasteiger partial charge in [-0.15, -0.1) is 0 Å². The number of nitrogens with one attached hydrogen (secondary N) is 1. The van der Waals surface area contributed by atoms with Crippen molar-refractivity contribution in [2.24, 2.45) is 0 Å². The lowest BCUT2D eigenvalue weighted by molar-refractivity contribution is 0.303. The maximum atomic E-state index is 9.13. The quantitative estimate of drug-likeness (QED) is 0.837. The topological polar surface area (TPSA) is 61.3 Å². The van der Waals surface area contributed by atoms with Crippen molar-refractivity contribution in [2.45, 2.75) is 46.5 Å². The van der Waals surface area contributed by atoms with E-state index < -0.39 is 0 Å². The van der Waals surface area contributed by atoms with Crippen molar-refractivity contribution in [1.29, 1.82) is 0 Å². The van der Waals surface area contributed by atoms with Gasteiger partial charge in [-0.1, -0.05) is 27.7 Å². The summed E-state index contributed by atoms with van der Waals surface area (Å²) in [6.45, 7) is 12.0. The number of nitrogens with zero attached hydrogens (tertiary/aromatic N) is 3. The molecular formula is C15H28N4O. The Morgan fingerprint density at radius 1 is 1.25 bits per heavy atom. The van der Waals surface area contributed by atoms with Gasteiger partial charge in [0.1, 0.15) is 17.5 Å². The van der Waals surface area contributed by atoms with E-state index in [0.717, 1.165) is 36.0 Å². The zero-order valence-corrected chi connectivity index (χ0v) is 13.6. The molecule has 0 bridgehead atoms. The van der Waals surface area contributed by atoms with Crippen LogP contribution in [-0.2, 0) is 5.41 Å². The molecule has 114 valence electrons. The summed E-state index contributed by atoms with van der Waals surface area (Å²) in [4.78, 5) is 11.3. The van der Waals surface area contributed by atoms with Crippen LogP contribution in [0, 0.1) is 6.92 Å². The molecular weight excluding hydrogens is 252 g/mol. The summed E-state index contributed by atoms with van der Waals surface area (Å²) in [6, 6.07) is 0. The Balaban J connectivity index is 3.26. The molecule has 0 aromatic carbocycles. The molecule has 0 radical (unpaired) electrons. The van der Waals surface area contributed by atoms with Gasteiger partial charge in [-0.05, 0) is 13.3 Å². The molecule has 5 nitrogen and oxygen atoms in total. The van der Waals surface area contributed by atoms with E-state index in [0.29, 0.717) is 6.54 Å². The molecule has 0 aliphatic heterocycles. The second kappa shape index (κ2) is 6.88. The average Bonchev–Trinajstić information content (AvgIpc) is 2.36. The van der Waals surface area contributed by atoms with E-state index in [1.807, 2.05) is 18.9 Å². The number of aliphatic hydroxyl groups excluding tert-OH is 1. The number of aromatic nitrogens is 2. The fourth-order valence-electron chi connectivity index (χ4n) is 1.88. The molecule has 0 spiro atoms. The first-order valence-electron chi connectivity index (χ1n) is 7.26. The Labute approximate surface area is 122 Å². The van der Waals surface area contributed by atoms with E-state index in [4.69, 9.17) is 10.1 Å². The lowest BCUT2D eigenvalue weighted by Gasteiger charge is -2.25. The molecule has 0 aliphatic rings. The zero-order valence-electron chi connectivity index (χ0n) is 13.6. The first kappa shape index (κ1) is 16.7. The number of hydrogen-bond acceptors (Lipinski definition) is 5. The van der Waals surface area contributed by atoms with Crippen molar-refractivity contribution in [3.63, 3.8) is 0 Å². The van der Waals surface area contributed by atoms with Crippen molar-refractivity contribution in [3.05, 3.63) is 11.4 Å². The van der Waals surface area contributed by atoms with Crippen molar-refractivity contribution in [3.8, 4) is 0 Å². The highest BCUT2D eigenvalue weighted by molar-refractivity contribution is 5.58. The Bertz CT molecular complexity index is 440. The zero-order chi connectivity index (χ0) is 15.3. The smallest absolute Gasteiger partial charge is 0.138 e. The summed E-state index contributed by atoms with van der Waals surface area (Å²) in [6.07, 6.45) is 1.05. The standard InChI is InChI=1S/C15H28N4O/c1-7-8-16-12-11(2)13(19(6)9-10-20)18-14(17-12)15(3,4)5/h20H,7-10H2,1-6H3,(H,16,17,18). The molecule has 1 aromatic rings. The molecule has 2 N–H and O–H groups in total. The van der Waals surface area contributed by atoms with Crippen LogP contribution in [0.5, 0.6) is 0 Å². The summed E-state index contributed by atoms with van der Waals surface area (Å²) in [5.74, 6) is 2.60. The highest BCUT2D eigenvalue weighted by atomic mass is 16.3. The highest BCUT2D eigenvalue weighted by Crippen LogP contribution is 2.27. The molecule has 20 heavy (non-hydrogen) atoms. The minimum absolute atomic E-state index is 0.106. The Morgan fingerprint density at radius 3 is 2.40 bits per heavy atom. The van der Waals surface area contributed by atoms with Gasteiger partial charge in [-0.3, -0.25) is 0 Å². The molecule has 0 saturated carbocycles. The van der Waals surface area contributed by atoms with Crippen molar-refractivity contribution >= 4 is 11.6 Å². The van der Waals surface area contributed by atoms with Crippen LogP contribution in [-0.4, -0.2) is 41.8 Å². The molecule has 0 aliphatic carbocycles. The van der Waals surface area contributed by atoms with Crippen molar-refractivity contribution in [2.75, 3.05) is 37.0 Å². The van der Waals surface area contributed by atoms with Crippen LogP contribution in [0.1, 0.15) is 45.5 Å². The van der Waals surface area contributed by atoms with E-state index in [1.54, 1.807) is 0 Å². The Morgan fingerprint density at radius 2 is 1.90 bits per heavy atom. The van der Waals surface area contributed by atoms with Crippen molar-refractivity contribution in [1.82, 2.24) is 9.97 Å². The van der Waals surface area contributed by atoms with Gasteiger partial charge in [0.25, 0.3) is 0 Å². The van der Waals surface area contributed by atoms with E-state index >= 15 is 0 Å². The third kappa shape index (κ3) is 4.07. The molecule has 1 rings (SSSR count). The minimum atomic E-state index is -0.106. The molecule has 0 amide bonds. The third-order valence-corrected chi connectivity index (χ3v) is 3.13. The largest absolute Gasteiger partial charge is 0.395 e. The monoisotopic (exact) mass is 280 g/mol. The normalized spacial score (nSPS) is 11.6. The SMILES string of the molecule is CCCNc1nc(C(C)(C)C)nc(N(C)CCO)c1C. The molecule has 0 saturated heterocycles. The van der Waals surface area contributed by atoms with Crippen LogP contribution < -0.4 is 10.2 Å². The number of rotatable bonds is 6. The lowest BCUT2D eigenvalue weighted by atomic mass is 9.95. The van der Waals surface area contributed by atoms with E-state index in [-0.39, 0.29) is 12.0 Å². The summed E-state index contributed by atoms with van der Waals surface area (Å²) in [5.41, 5.74) is 0.924. The molecule has 1 heterocycles. The van der Waals surface area contributed by atoms with E-state index in [1.165, 1.54) is 0 Å². The number of likely N-dealkylation sites (N-methyl/N-ethyl adjacent to an activating group) is 1. The van der Waals surface area contributed by atoms with Crippen LogP contribution in [0.4, 0.5) is 11.6 Å². The Hall–Kier alpha value is -1.36. The summed E-state index contributed by atoms with van der Waals surface area (Å²) in [5, 5.41) is 12.5. The number of anilines is 2. The summed E-state index contributed by atoms with van der Waals surface area (Å²) >= 11 is 0. The maximum Gasteiger partial charge on any atom is 0.138 e. The van der Waals surface area contributed by atoms with Gasteiger partial charge in [-0.2, -0.15) is 0 Å². The summed E-state index contributed by atoms with van der Waals surface area (Å²) < 4.78 is 0. The van der Waals surface area contributed by atoms with Crippen molar-refractivity contribution < 1.29 is 5.11 Å². The first-order chi connectivity index (χ1) is 9.31. The predicted octanol–water partition coefficient (Wildman–Crippen LogP) is 2.33. The van der Waals surface area contributed by atoms with Gasteiger partial charge in [-0.25, -0.2) is 9.97 Å². The van der Waals surface area contributed by atoms with E-state index in [2.05, 4.69) is 38.0 Å². The molecule has 0 unspecified atom stereocenters. The predicted molar refractivity (Wildman–Crippen MR) is 84.6 cm³/mol. The maximum absolute atomic E-state index is 9.13. The summed E-state index contributed by atoms with van der Waals surface area (Å²) in [7, 11) is 1.95. The molecule has 1 aromatic heterocycles. The average molecular weight is 280 g/mol. The van der Waals surface area contributed by atoms with Gasteiger partial charge in [0.15, 0.2) is 0 Å². The second-order valence-electron chi connectivity index (χ2n) is 6.17. The Kier molecular flexibility index (Phi) is 5.74. The van der Waals surface area contributed by atoms with Crippen LogP contribution in [0.2, 0.25) is 0 Å².